The minimum absolute atomic E-state index is 0.000434. The monoisotopic (exact) mass is 291 g/mol. The van der Waals surface area contributed by atoms with Crippen molar-refractivity contribution in [1.29, 1.82) is 0 Å². The van der Waals surface area contributed by atoms with Crippen molar-refractivity contribution in [1.82, 2.24) is 10.6 Å². The molecular weight excluding hydrogens is 266 g/mol. The molecule has 5 heteroatoms. The van der Waals surface area contributed by atoms with Gasteiger partial charge in [0.05, 0.1) is 6.54 Å². The van der Waals surface area contributed by atoms with Crippen LogP contribution >= 0.6 is 0 Å². The third-order valence-corrected chi connectivity index (χ3v) is 2.97. The largest absolute Gasteiger partial charge is 0.385 e. The number of aryl methyl sites for hydroxylation is 1. The summed E-state index contributed by atoms with van der Waals surface area (Å²) in [5.74, 6) is -0.00945. The molecule has 1 aromatic rings. The van der Waals surface area contributed by atoms with E-state index in [1.807, 2.05) is 39.8 Å². The summed E-state index contributed by atoms with van der Waals surface area (Å²) in [6.45, 7) is 9.47. The molecule has 116 valence electrons. The predicted octanol–water partition coefficient (Wildman–Crippen LogP) is 1.93. The van der Waals surface area contributed by atoms with Crippen LogP contribution in [0.15, 0.2) is 18.2 Å². The Morgan fingerprint density at radius 1 is 1.19 bits per heavy atom. The standard InChI is InChI=1S/C16H25N3O2/c1-5-17-14-7-6-13(8-12(14)4)16(21)19-10-15(20)18-9-11(2)3/h6-8,11,17H,5,9-10H2,1-4H3,(H,18,20)(H,19,21). The first-order valence-corrected chi connectivity index (χ1v) is 7.33. The number of nitrogens with one attached hydrogen (secondary N) is 3. The summed E-state index contributed by atoms with van der Waals surface area (Å²) in [7, 11) is 0. The number of hydrogen-bond donors (Lipinski definition) is 3. The first-order valence-electron chi connectivity index (χ1n) is 7.33. The molecule has 0 bridgehead atoms. The van der Waals surface area contributed by atoms with Gasteiger partial charge >= 0.3 is 0 Å². The highest BCUT2D eigenvalue weighted by atomic mass is 16.2. The van der Waals surface area contributed by atoms with Crippen LogP contribution in [0, 0.1) is 12.8 Å². The van der Waals surface area contributed by atoms with Gasteiger partial charge in [-0.05, 0) is 43.5 Å². The van der Waals surface area contributed by atoms with Crippen LogP contribution < -0.4 is 16.0 Å². The summed E-state index contributed by atoms with van der Waals surface area (Å²) in [4.78, 5) is 23.6. The number of rotatable bonds is 7. The highest BCUT2D eigenvalue weighted by Crippen LogP contribution is 2.16. The Kier molecular flexibility index (Phi) is 6.72. The molecule has 1 aromatic carbocycles. The van der Waals surface area contributed by atoms with Crippen LogP contribution in [0.5, 0.6) is 0 Å². The van der Waals surface area contributed by atoms with E-state index < -0.39 is 0 Å². The second kappa shape index (κ2) is 8.29. The normalized spacial score (nSPS) is 10.3. The van der Waals surface area contributed by atoms with E-state index in [1.54, 1.807) is 6.07 Å². The van der Waals surface area contributed by atoms with Crippen molar-refractivity contribution in [3.05, 3.63) is 29.3 Å². The SMILES string of the molecule is CCNc1ccc(C(=O)NCC(=O)NCC(C)C)cc1C. The van der Waals surface area contributed by atoms with Gasteiger partial charge in [0.15, 0.2) is 0 Å². The minimum atomic E-state index is -0.235. The Labute approximate surface area is 126 Å². The minimum Gasteiger partial charge on any atom is -0.385 e. The smallest absolute Gasteiger partial charge is 0.251 e. The van der Waals surface area contributed by atoms with E-state index in [9.17, 15) is 9.59 Å². The van der Waals surface area contributed by atoms with E-state index in [-0.39, 0.29) is 18.4 Å². The Morgan fingerprint density at radius 3 is 2.48 bits per heavy atom. The number of benzene rings is 1. The van der Waals surface area contributed by atoms with E-state index in [1.165, 1.54) is 0 Å². The zero-order valence-corrected chi connectivity index (χ0v) is 13.2. The van der Waals surface area contributed by atoms with Crippen LogP contribution in [0.1, 0.15) is 36.7 Å². The van der Waals surface area contributed by atoms with Crippen molar-refractivity contribution in [3.63, 3.8) is 0 Å². The summed E-state index contributed by atoms with van der Waals surface area (Å²) in [5.41, 5.74) is 2.59. The third-order valence-electron chi connectivity index (χ3n) is 2.97. The van der Waals surface area contributed by atoms with Gasteiger partial charge < -0.3 is 16.0 Å². The van der Waals surface area contributed by atoms with Crippen LogP contribution in [-0.4, -0.2) is 31.4 Å². The lowest BCUT2D eigenvalue weighted by molar-refractivity contribution is -0.120. The maximum absolute atomic E-state index is 12.0. The van der Waals surface area contributed by atoms with Crippen LogP contribution in [0.3, 0.4) is 0 Å². The first kappa shape index (κ1) is 17.0. The molecule has 0 aliphatic rings. The highest BCUT2D eigenvalue weighted by molar-refractivity contribution is 5.97. The van der Waals surface area contributed by atoms with E-state index in [0.717, 1.165) is 17.8 Å². The Morgan fingerprint density at radius 2 is 1.90 bits per heavy atom. The molecule has 3 N–H and O–H groups in total. The summed E-state index contributed by atoms with van der Waals surface area (Å²) in [6, 6.07) is 5.46. The fourth-order valence-electron chi connectivity index (χ4n) is 1.84. The van der Waals surface area contributed by atoms with Crippen molar-refractivity contribution in [2.45, 2.75) is 27.7 Å². The topological polar surface area (TPSA) is 70.2 Å². The molecule has 21 heavy (non-hydrogen) atoms. The second-order valence-electron chi connectivity index (χ2n) is 5.44. The van der Waals surface area contributed by atoms with Crippen LogP contribution in [0.4, 0.5) is 5.69 Å². The molecule has 0 aliphatic carbocycles. The molecule has 0 spiro atoms. The lowest BCUT2D eigenvalue weighted by Crippen LogP contribution is -2.38. The Bertz CT molecular complexity index is 498. The molecule has 0 saturated heterocycles. The highest BCUT2D eigenvalue weighted by Gasteiger charge is 2.09. The molecule has 0 unspecified atom stereocenters. The number of carbonyl (C=O) groups is 2. The van der Waals surface area contributed by atoms with Gasteiger partial charge in [-0.25, -0.2) is 0 Å². The first-order chi connectivity index (χ1) is 9.93. The third kappa shape index (κ3) is 5.85. The number of hydrogen-bond acceptors (Lipinski definition) is 3. The van der Waals surface area contributed by atoms with Gasteiger partial charge in [0.2, 0.25) is 5.91 Å². The molecule has 0 radical (unpaired) electrons. The van der Waals surface area contributed by atoms with E-state index in [0.29, 0.717) is 18.0 Å². The quantitative estimate of drug-likeness (QED) is 0.719. The maximum atomic E-state index is 12.0. The lowest BCUT2D eigenvalue weighted by atomic mass is 10.1. The molecule has 0 aliphatic heterocycles. The van der Waals surface area contributed by atoms with E-state index in [4.69, 9.17) is 0 Å². The van der Waals surface area contributed by atoms with Gasteiger partial charge in [-0.1, -0.05) is 13.8 Å². The Balaban J connectivity index is 2.52. The van der Waals surface area contributed by atoms with Gasteiger partial charge in [0, 0.05) is 24.3 Å². The number of anilines is 1. The predicted molar refractivity (Wildman–Crippen MR) is 85.5 cm³/mol. The summed E-state index contributed by atoms with van der Waals surface area (Å²) in [5, 5.41) is 8.62. The van der Waals surface area contributed by atoms with Gasteiger partial charge in [-0.15, -0.1) is 0 Å². The number of amides is 2. The average molecular weight is 291 g/mol. The molecule has 0 aromatic heterocycles. The van der Waals surface area contributed by atoms with Crippen molar-refractivity contribution in [2.24, 2.45) is 5.92 Å². The molecule has 5 nitrogen and oxygen atoms in total. The van der Waals surface area contributed by atoms with Gasteiger partial charge in [0.25, 0.3) is 5.91 Å². The Hall–Kier alpha value is -2.04. The summed E-state index contributed by atoms with van der Waals surface area (Å²) < 4.78 is 0. The molecular formula is C16H25N3O2. The van der Waals surface area contributed by atoms with Gasteiger partial charge in [-0.2, -0.15) is 0 Å². The zero-order valence-electron chi connectivity index (χ0n) is 13.2. The fraction of sp³-hybridized carbons (Fsp3) is 0.500. The summed E-state index contributed by atoms with van der Waals surface area (Å²) in [6.07, 6.45) is 0. The average Bonchev–Trinajstić information content (AvgIpc) is 2.44. The van der Waals surface area contributed by atoms with Crippen molar-refractivity contribution < 1.29 is 9.59 Å². The van der Waals surface area contributed by atoms with Crippen molar-refractivity contribution in [3.8, 4) is 0 Å². The van der Waals surface area contributed by atoms with Gasteiger partial charge in [-0.3, -0.25) is 9.59 Å². The van der Waals surface area contributed by atoms with Crippen LogP contribution in [-0.2, 0) is 4.79 Å². The maximum Gasteiger partial charge on any atom is 0.251 e. The van der Waals surface area contributed by atoms with E-state index in [2.05, 4.69) is 16.0 Å². The molecule has 0 saturated carbocycles. The molecule has 1 rings (SSSR count). The molecule has 0 heterocycles. The molecule has 2 amide bonds. The summed E-state index contributed by atoms with van der Waals surface area (Å²) >= 11 is 0. The van der Waals surface area contributed by atoms with Crippen molar-refractivity contribution >= 4 is 17.5 Å². The lowest BCUT2D eigenvalue weighted by Gasteiger charge is -2.11. The van der Waals surface area contributed by atoms with Crippen LogP contribution in [0.2, 0.25) is 0 Å². The van der Waals surface area contributed by atoms with E-state index >= 15 is 0 Å². The van der Waals surface area contributed by atoms with Crippen molar-refractivity contribution in [2.75, 3.05) is 25.0 Å². The fourth-order valence-corrected chi connectivity index (χ4v) is 1.84. The molecule has 0 fully saturated rings. The van der Waals surface area contributed by atoms with Gasteiger partial charge in [0.1, 0.15) is 0 Å². The van der Waals surface area contributed by atoms with Crippen LogP contribution in [0.25, 0.3) is 0 Å². The number of carbonyl (C=O) groups excluding carboxylic acids is 2. The zero-order chi connectivity index (χ0) is 15.8. The second-order valence-corrected chi connectivity index (χ2v) is 5.44. The molecule has 0 atom stereocenters.